The third-order valence-electron chi connectivity index (χ3n) is 2.16. The van der Waals surface area contributed by atoms with E-state index in [1.54, 1.807) is 7.11 Å². The topological polar surface area (TPSA) is 34.0 Å². The average molecular weight is 188 g/mol. The average Bonchev–Trinajstić information content (AvgIpc) is 2.30. The van der Waals surface area contributed by atoms with Crippen molar-refractivity contribution in [2.24, 2.45) is 9.98 Å². The Hall–Kier alpha value is -1.64. The fourth-order valence-electron chi connectivity index (χ4n) is 1.38. The molecule has 0 aromatic heterocycles. The first-order chi connectivity index (χ1) is 6.90. The van der Waals surface area contributed by atoms with Gasteiger partial charge in [0.25, 0.3) is 0 Å². The summed E-state index contributed by atoms with van der Waals surface area (Å²) in [5.74, 6) is 0.869. The van der Waals surface area contributed by atoms with Crippen molar-refractivity contribution < 1.29 is 4.74 Å². The molecule has 0 saturated carbocycles. The van der Waals surface area contributed by atoms with Crippen LogP contribution in [0.4, 0.5) is 0 Å². The summed E-state index contributed by atoms with van der Waals surface area (Å²) in [6, 6.07) is 7.91. The van der Waals surface area contributed by atoms with Crippen LogP contribution in [0.5, 0.6) is 5.75 Å². The number of methoxy groups -OCH3 is 1. The number of aliphatic imine (C=N–C) groups is 2. The van der Waals surface area contributed by atoms with E-state index in [0.29, 0.717) is 13.1 Å². The molecule has 1 aliphatic heterocycles. The van der Waals surface area contributed by atoms with Crippen molar-refractivity contribution in [3.05, 3.63) is 29.8 Å². The SMILES string of the molecule is COc1ccc(C2=NCC=NC2)cc1. The monoisotopic (exact) mass is 188 g/mol. The minimum Gasteiger partial charge on any atom is -0.497 e. The zero-order valence-corrected chi connectivity index (χ0v) is 8.10. The van der Waals surface area contributed by atoms with Gasteiger partial charge in [0.2, 0.25) is 0 Å². The summed E-state index contributed by atoms with van der Waals surface area (Å²) >= 11 is 0. The van der Waals surface area contributed by atoms with E-state index in [4.69, 9.17) is 4.74 Å². The van der Waals surface area contributed by atoms with E-state index in [1.165, 1.54) is 0 Å². The van der Waals surface area contributed by atoms with Gasteiger partial charge in [0, 0.05) is 6.21 Å². The Morgan fingerprint density at radius 2 is 2.00 bits per heavy atom. The first-order valence-corrected chi connectivity index (χ1v) is 4.56. The fourth-order valence-corrected chi connectivity index (χ4v) is 1.38. The van der Waals surface area contributed by atoms with Crippen molar-refractivity contribution in [3.63, 3.8) is 0 Å². The lowest BCUT2D eigenvalue weighted by Crippen LogP contribution is -2.11. The highest BCUT2D eigenvalue weighted by molar-refractivity contribution is 6.04. The zero-order valence-electron chi connectivity index (χ0n) is 8.10. The molecule has 0 N–H and O–H groups in total. The van der Waals surface area contributed by atoms with Crippen LogP contribution < -0.4 is 4.74 Å². The van der Waals surface area contributed by atoms with Crippen LogP contribution in [0.25, 0.3) is 0 Å². The maximum Gasteiger partial charge on any atom is 0.118 e. The molecule has 2 rings (SSSR count). The molecular weight excluding hydrogens is 176 g/mol. The second-order valence-electron chi connectivity index (χ2n) is 3.04. The summed E-state index contributed by atoms with van der Waals surface area (Å²) in [5, 5.41) is 0. The summed E-state index contributed by atoms with van der Waals surface area (Å²) in [6.45, 7) is 1.38. The Morgan fingerprint density at radius 1 is 1.21 bits per heavy atom. The van der Waals surface area contributed by atoms with Gasteiger partial charge >= 0.3 is 0 Å². The number of hydrogen-bond donors (Lipinski definition) is 0. The summed E-state index contributed by atoms with van der Waals surface area (Å²) in [4.78, 5) is 8.57. The molecular formula is C11H12N2O. The van der Waals surface area contributed by atoms with Gasteiger partial charge in [-0.05, 0) is 29.8 Å². The predicted molar refractivity (Wildman–Crippen MR) is 57.8 cm³/mol. The molecule has 0 bridgehead atoms. The molecule has 1 aromatic rings. The smallest absolute Gasteiger partial charge is 0.118 e. The molecule has 72 valence electrons. The number of nitrogens with zero attached hydrogens (tertiary/aromatic N) is 2. The molecule has 3 nitrogen and oxygen atoms in total. The highest BCUT2D eigenvalue weighted by Crippen LogP contribution is 2.12. The molecule has 3 heteroatoms. The fraction of sp³-hybridized carbons (Fsp3) is 0.273. The summed E-state index contributed by atoms with van der Waals surface area (Å²) in [5.41, 5.74) is 2.18. The highest BCUT2D eigenvalue weighted by Gasteiger charge is 2.04. The molecule has 1 heterocycles. The Bertz CT molecular complexity index is 365. The van der Waals surface area contributed by atoms with E-state index in [2.05, 4.69) is 9.98 Å². The molecule has 0 saturated heterocycles. The van der Waals surface area contributed by atoms with E-state index >= 15 is 0 Å². The lowest BCUT2D eigenvalue weighted by atomic mass is 10.1. The van der Waals surface area contributed by atoms with Crippen LogP contribution in [0.2, 0.25) is 0 Å². The van der Waals surface area contributed by atoms with E-state index in [1.807, 2.05) is 30.5 Å². The Kier molecular flexibility index (Phi) is 2.58. The first kappa shape index (κ1) is 8.94. The summed E-state index contributed by atoms with van der Waals surface area (Å²) < 4.78 is 5.09. The van der Waals surface area contributed by atoms with E-state index in [0.717, 1.165) is 17.0 Å². The van der Waals surface area contributed by atoms with Crippen LogP contribution >= 0.6 is 0 Å². The maximum atomic E-state index is 5.09. The maximum absolute atomic E-state index is 5.09. The van der Waals surface area contributed by atoms with Gasteiger partial charge in [-0.15, -0.1) is 0 Å². The minimum absolute atomic E-state index is 0.687. The standard InChI is InChI=1S/C11H12N2O/c1-14-10-4-2-9(3-5-10)11-8-12-6-7-13-11/h2-6H,7-8H2,1H3. The van der Waals surface area contributed by atoms with Gasteiger partial charge in [-0.1, -0.05) is 0 Å². The van der Waals surface area contributed by atoms with Gasteiger partial charge in [0.15, 0.2) is 0 Å². The number of rotatable bonds is 2. The number of hydrogen-bond acceptors (Lipinski definition) is 3. The second kappa shape index (κ2) is 4.05. The van der Waals surface area contributed by atoms with Gasteiger partial charge in [0.05, 0.1) is 25.9 Å². The van der Waals surface area contributed by atoms with Gasteiger partial charge in [0.1, 0.15) is 5.75 Å². The molecule has 0 radical (unpaired) electrons. The lowest BCUT2D eigenvalue weighted by Gasteiger charge is -2.07. The quantitative estimate of drug-likeness (QED) is 0.693. The molecule has 1 aliphatic rings. The molecule has 1 aromatic carbocycles. The zero-order chi connectivity index (χ0) is 9.80. The minimum atomic E-state index is 0.687. The van der Waals surface area contributed by atoms with Crippen LogP contribution in [0, 0.1) is 0 Å². The van der Waals surface area contributed by atoms with Gasteiger partial charge in [-0.2, -0.15) is 0 Å². The van der Waals surface area contributed by atoms with Gasteiger partial charge in [-0.3, -0.25) is 9.98 Å². The first-order valence-electron chi connectivity index (χ1n) is 4.56. The summed E-state index contributed by atoms with van der Waals surface area (Å²) in [7, 11) is 1.66. The highest BCUT2D eigenvalue weighted by atomic mass is 16.5. The number of ether oxygens (including phenoxy) is 1. The Morgan fingerprint density at radius 3 is 2.57 bits per heavy atom. The third-order valence-corrected chi connectivity index (χ3v) is 2.16. The van der Waals surface area contributed by atoms with E-state index < -0.39 is 0 Å². The molecule has 0 unspecified atom stereocenters. The van der Waals surface area contributed by atoms with Crippen LogP contribution in [0.1, 0.15) is 5.56 Å². The Labute approximate surface area is 83.2 Å². The predicted octanol–water partition coefficient (Wildman–Crippen LogP) is 1.57. The molecule has 14 heavy (non-hydrogen) atoms. The normalized spacial score (nSPS) is 15.1. The van der Waals surface area contributed by atoms with E-state index in [-0.39, 0.29) is 0 Å². The van der Waals surface area contributed by atoms with Crippen molar-refractivity contribution in [3.8, 4) is 5.75 Å². The largest absolute Gasteiger partial charge is 0.497 e. The summed E-state index contributed by atoms with van der Waals surface area (Å²) in [6.07, 6.45) is 1.84. The van der Waals surface area contributed by atoms with Crippen molar-refractivity contribution >= 4 is 11.9 Å². The van der Waals surface area contributed by atoms with E-state index in [9.17, 15) is 0 Å². The van der Waals surface area contributed by atoms with Crippen LogP contribution in [-0.4, -0.2) is 32.1 Å². The number of benzene rings is 1. The van der Waals surface area contributed by atoms with Crippen LogP contribution in [0.3, 0.4) is 0 Å². The lowest BCUT2D eigenvalue weighted by molar-refractivity contribution is 0.415. The van der Waals surface area contributed by atoms with Crippen molar-refractivity contribution in [1.82, 2.24) is 0 Å². The molecule has 0 spiro atoms. The van der Waals surface area contributed by atoms with Gasteiger partial charge in [-0.25, -0.2) is 0 Å². The molecule has 0 amide bonds. The third kappa shape index (κ3) is 1.82. The van der Waals surface area contributed by atoms with Crippen molar-refractivity contribution in [2.45, 2.75) is 0 Å². The molecule has 0 aliphatic carbocycles. The molecule has 0 fully saturated rings. The van der Waals surface area contributed by atoms with Crippen LogP contribution in [0.15, 0.2) is 34.3 Å². The van der Waals surface area contributed by atoms with Crippen molar-refractivity contribution in [2.75, 3.05) is 20.2 Å². The van der Waals surface area contributed by atoms with Crippen molar-refractivity contribution in [1.29, 1.82) is 0 Å². The second-order valence-corrected chi connectivity index (χ2v) is 3.04. The van der Waals surface area contributed by atoms with Crippen LogP contribution in [-0.2, 0) is 0 Å². The van der Waals surface area contributed by atoms with Gasteiger partial charge < -0.3 is 4.74 Å². The molecule has 0 atom stereocenters. The Balaban J connectivity index is 2.20.